The third-order valence-corrected chi connectivity index (χ3v) is 5.75. The number of hydrogen-bond donors (Lipinski definition) is 0. The van der Waals surface area contributed by atoms with E-state index in [1.54, 1.807) is 7.11 Å². The monoisotopic (exact) mass is 450 g/mol. The highest BCUT2D eigenvalue weighted by Crippen LogP contribution is 2.36. The van der Waals surface area contributed by atoms with Crippen LogP contribution in [0.2, 0.25) is 0 Å². The van der Waals surface area contributed by atoms with Gasteiger partial charge >= 0.3 is 0 Å². The van der Waals surface area contributed by atoms with E-state index in [0.29, 0.717) is 61.9 Å². The predicted octanol–water partition coefficient (Wildman–Crippen LogP) is 4.50. The molecule has 33 heavy (non-hydrogen) atoms. The molecule has 0 spiro atoms. The molecule has 6 nitrogen and oxygen atoms in total. The highest BCUT2D eigenvalue weighted by molar-refractivity contribution is 6.36. The maximum atomic E-state index is 13.6. The third kappa shape index (κ3) is 5.82. The summed E-state index contributed by atoms with van der Waals surface area (Å²) in [7, 11) is 1.58. The van der Waals surface area contributed by atoms with E-state index in [2.05, 4.69) is 6.92 Å². The van der Waals surface area contributed by atoms with Crippen LogP contribution in [0.15, 0.2) is 60.3 Å². The lowest BCUT2D eigenvalue weighted by Gasteiger charge is -2.25. The van der Waals surface area contributed by atoms with Crippen LogP contribution in [0.5, 0.6) is 5.75 Å². The lowest BCUT2D eigenvalue weighted by Crippen LogP contribution is -2.36. The second-order valence-corrected chi connectivity index (χ2v) is 8.01. The van der Waals surface area contributed by atoms with Gasteiger partial charge in [-0.25, -0.2) is 0 Å². The zero-order chi connectivity index (χ0) is 23.6. The van der Waals surface area contributed by atoms with Crippen LogP contribution in [0.3, 0.4) is 0 Å². The number of benzene rings is 2. The SMILES string of the molecule is CCCCOCCCN1C(=O)C(c2ccccc2OC)=C(N(CC)Cc2ccccc2)C1=O. The van der Waals surface area contributed by atoms with Crippen LogP contribution < -0.4 is 4.74 Å². The Morgan fingerprint density at radius 2 is 1.58 bits per heavy atom. The standard InChI is InChI=1S/C27H34N2O4/c1-4-6-18-33-19-12-17-29-26(30)24(22-15-10-11-16-23(22)32-3)25(27(29)31)28(5-2)20-21-13-8-7-9-14-21/h7-11,13-16H,4-6,12,17-20H2,1-3H3. The van der Waals surface area contributed by atoms with Gasteiger partial charge in [-0.15, -0.1) is 0 Å². The molecule has 176 valence electrons. The van der Waals surface area contributed by atoms with Crippen LogP contribution in [-0.2, 0) is 20.9 Å². The Hall–Kier alpha value is -3.12. The van der Waals surface area contributed by atoms with Crippen LogP contribution in [0, 0.1) is 0 Å². The van der Waals surface area contributed by atoms with Gasteiger partial charge < -0.3 is 14.4 Å². The van der Waals surface area contributed by atoms with Gasteiger partial charge in [-0.05, 0) is 31.4 Å². The largest absolute Gasteiger partial charge is 0.496 e. The van der Waals surface area contributed by atoms with E-state index in [-0.39, 0.29) is 11.8 Å². The summed E-state index contributed by atoms with van der Waals surface area (Å²) in [6.07, 6.45) is 2.70. The van der Waals surface area contributed by atoms with Gasteiger partial charge in [-0.2, -0.15) is 0 Å². The van der Waals surface area contributed by atoms with Crippen LogP contribution >= 0.6 is 0 Å². The first-order chi connectivity index (χ1) is 16.1. The van der Waals surface area contributed by atoms with Gasteiger partial charge in [0.2, 0.25) is 0 Å². The molecule has 2 aromatic carbocycles. The predicted molar refractivity (Wildman–Crippen MR) is 130 cm³/mol. The van der Waals surface area contributed by atoms with Gasteiger partial charge in [0.15, 0.2) is 0 Å². The van der Waals surface area contributed by atoms with Crippen molar-refractivity contribution in [1.29, 1.82) is 0 Å². The molecule has 0 aliphatic carbocycles. The molecule has 0 atom stereocenters. The summed E-state index contributed by atoms with van der Waals surface area (Å²) < 4.78 is 11.2. The van der Waals surface area contributed by atoms with Crippen molar-refractivity contribution < 1.29 is 19.1 Å². The van der Waals surface area contributed by atoms with E-state index < -0.39 is 0 Å². The molecule has 2 aromatic rings. The molecule has 1 aliphatic rings. The summed E-state index contributed by atoms with van der Waals surface area (Å²) >= 11 is 0. The lowest BCUT2D eigenvalue weighted by molar-refractivity contribution is -0.137. The van der Waals surface area contributed by atoms with Crippen molar-refractivity contribution >= 4 is 17.4 Å². The quantitative estimate of drug-likeness (QED) is 0.332. The van der Waals surface area contributed by atoms with Crippen molar-refractivity contribution in [3.8, 4) is 5.75 Å². The smallest absolute Gasteiger partial charge is 0.277 e. The molecule has 0 unspecified atom stereocenters. The first-order valence-electron chi connectivity index (χ1n) is 11.7. The van der Waals surface area contributed by atoms with Crippen molar-refractivity contribution in [2.75, 3.05) is 33.4 Å². The van der Waals surface area contributed by atoms with Crippen LogP contribution in [0.4, 0.5) is 0 Å². The van der Waals surface area contributed by atoms with Gasteiger partial charge in [-0.3, -0.25) is 14.5 Å². The number of hydrogen-bond acceptors (Lipinski definition) is 5. The summed E-state index contributed by atoms with van der Waals surface area (Å²) in [5, 5.41) is 0. The fraction of sp³-hybridized carbons (Fsp3) is 0.407. The molecule has 2 amide bonds. The Morgan fingerprint density at radius 1 is 0.879 bits per heavy atom. The number of likely N-dealkylation sites (N-methyl/N-ethyl adjacent to an activating group) is 1. The van der Waals surface area contributed by atoms with Crippen molar-refractivity contribution in [2.45, 2.75) is 39.7 Å². The molecule has 0 fully saturated rings. The highest BCUT2D eigenvalue weighted by Gasteiger charge is 2.41. The van der Waals surface area contributed by atoms with Crippen LogP contribution in [-0.4, -0.2) is 55.0 Å². The molecule has 1 aliphatic heterocycles. The summed E-state index contributed by atoms with van der Waals surface area (Å²) in [5.41, 5.74) is 2.56. The number of imide groups is 1. The number of carbonyl (C=O) groups is 2. The van der Waals surface area contributed by atoms with Gasteiger partial charge in [0.25, 0.3) is 11.8 Å². The molecular weight excluding hydrogens is 416 g/mol. The molecule has 0 saturated carbocycles. The van der Waals surface area contributed by atoms with E-state index in [1.165, 1.54) is 4.90 Å². The average molecular weight is 451 g/mol. The van der Waals surface area contributed by atoms with E-state index >= 15 is 0 Å². The Kier molecular flexibility index (Phi) is 9.07. The van der Waals surface area contributed by atoms with Crippen molar-refractivity contribution in [2.24, 2.45) is 0 Å². The number of methoxy groups -OCH3 is 1. The lowest BCUT2D eigenvalue weighted by atomic mass is 10.0. The molecule has 0 aromatic heterocycles. The number of unbranched alkanes of at least 4 members (excludes halogenated alkanes) is 1. The maximum Gasteiger partial charge on any atom is 0.277 e. The zero-order valence-corrected chi connectivity index (χ0v) is 19.9. The Bertz CT molecular complexity index is 971. The second-order valence-electron chi connectivity index (χ2n) is 8.01. The van der Waals surface area contributed by atoms with Gasteiger partial charge in [-0.1, -0.05) is 61.9 Å². The number of nitrogens with zero attached hydrogens (tertiary/aromatic N) is 2. The van der Waals surface area contributed by atoms with Crippen LogP contribution in [0.25, 0.3) is 5.57 Å². The normalized spacial score (nSPS) is 13.7. The molecule has 1 heterocycles. The third-order valence-electron chi connectivity index (χ3n) is 5.75. The minimum atomic E-state index is -0.278. The molecular formula is C27H34N2O4. The molecule has 0 bridgehead atoms. The number of para-hydroxylation sites is 1. The van der Waals surface area contributed by atoms with Crippen LogP contribution in [0.1, 0.15) is 44.2 Å². The number of rotatable bonds is 13. The number of amides is 2. The molecule has 6 heteroatoms. The Balaban J connectivity index is 1.92. The van der Waals surface area contributed by atoms with Crippen molar-refractivity contribution in [3.63, 3.8) is 0 Å². The minimum absolute atomic E-state index is 0.257. The van der Waals surface area contributed by atoms with E-state index in [4.69, 9.17) is 9.47 Å². The Morgan fingerprint density at radius 3 is 2.27 bits per heavy atom. The summed E-state index contributed by atoms with van der Waals surface area (Å²) in [5.74, 6) is 0.0403. The Labute approximate surface area is 196 Å². The fourth-order valence-corrected chi connectivity index (χ4v) is 3.98. The average Bonchev–Trinajstić information content (AvgIpc) is 3.09. The fourth-order valence-electron chi connectivity index (χ4n) is 3.98. The number of carbonyl (C=O) groups excluding carboxylic acids is 2. The van der Waals surface area contributed by atoms with Crippen molar-refractivity contribution in [1.82, 2.24) is 9.80 Å². The van der Waals surface area contributed by atoms with Gasteiger partial charge in [0.05, 0.1) is 12.7 Å². The minimum Gasteiger partial charge on any atom is -0.496 e. The zero-order valence-electron chi connectivity index (χ0n) is 19.9. The maximum absolute atomic E-state index is 13.6. The van der Waals surface area contributed by atoms with E-state index in [9.17, 15) is 9.59 Å². The van der Waals surface area contributed by atoms with Crippen molar-refractivity contribution in [3.05, 3.63) is 71.4 Å². The first-order valence-corrected chi connectivity index (χ1v) is 11.7. The first kappa shape index (κ1) is 24.5. The van der Waals surface area contributed by atoms with E-state index in [1.807, 2.05) is 66.4 Å². The second kappa shape index (κ2) is 12.2. The van der Waals surface area contributed by atoms with E-state index in [0.717, 1.165) is 18.4 Å². The summed E-state index contributed by atoms with van der Waals surface area (Å²) in [6.45, 7) is 6.81. The molecule has 0 radical (unpaired) electrons. The summed E-state index contributed by atoms with van der Waals surface area (Å²) in [6, 6.07) is 17.3. The molecule has 3 rings (SSSR count). The van der Waals surface area contributed by atoms with Gasteiger partial charge in [0.1, 0.15) is 11.4 Å². The molecule has 0 saturated heterocycles. The molecule has 0 N–H and O–H groups in total. The highest BCUT2D eigenvalue weighted by atomic mass is 16.5. The summed E-state index contributed by atoms with van der Waals surface area (Å²) in [4.78, 5) is 30.5. The topological polar surface area (TPSA) is 59.1 Å². The number of ether oxygens (including phenoxy) is 2. The van der Waals surface area contributed by atoms with Gasteiger partial charge in [0, 0.05) is 38.4 Å².